The van der Waals surface area contributed by atoms with Gasteiger partial charge in [-0.2, -0.15) is 0 Å². The first-order valence-electron chi connectivity index (χ1n) is 8.39. The Hall–Kier alpha value is -2.89. The first-order chi connectivity index (χ1) is 12.1. The normalized spacial score (nSPS) is 15.6. The molecule has 4 rings (SSSR count). The molecule has 0 spiro atoms. The monoisotopic (exact) mass is 338 g/mol. The summed E-state index contributed by atoms with van der Waals surface area (Å²) in [5.74, 6) is -0.273. The van der Waals surface area contributed by atoms with Gasteiger partial charge in [0.2, 0.25) is 0 Å². The molecule has 0 bridgehead atoms. The molecule has 3 heterocycles. The Morgan fingerprint density at radius 2 is 2.08 bits per heavy atom. The number of rotatable bonds is 3. The second-order valence-corrected chi connectivity index (χ2v) is 6.45. The molecule has 1 fully saturated rings. The van der Waals surface area contributed by atoms with E-state index in [1.807, 2.05) is 18.3 Å². The molecule has 6 heteroatoms. The van der Waals surface area contributed by atoms with Crippen LogP contribution in [0.15, 0.2) is 42.9 Å². The van der Waals surface area contributed by atoms with Crippen LogP contribution in [0.1, 0.15) is 34.7 Å². The highest BCUT2D eigenvalue weighted by molar-refractivity contribution is 5.98. The summed E-state index contributed by atoms with van der Waals surface area (Å²) in [4.78, 5) is 21.0. The number of fused-ring (bicyclic) bond motifs is 1. The smallest absolute Gasteiger partial charge is 0.252 e. The van der Waals surface area contributed by atoms with Crippen molar-refractivity contribution in [2.45, 2.75) is 18.8 Å². The number of primary amides is 1. The number of nitrogens with two attached hydrogens (primary N) is 1. The number of nitrogens with one attached hydrogen (secondary N) is 1. The van der Waals surface area contributed by atoms with Crippen LogP contribution >= 0.6 is 0 Å². The number of pyridine rings is 1. The third-order valence-corrected chi connectivity index (χ3v) is 5.01. The second kappa shape index (κ2) is 6.20. The standard InChI is InChI=1S/C19H19FN4O/c20-13-1-2-14-15(11-23-17(14)9-13)12-4-7-24(8-5-12)18-3-6-22-10-16(18)19(21)25/h1-3,6,9-12,23H,4-5,7-8H2,(H2,21,25). The van der Waals surface area contributed by atoms with Crippen LogP contribution in [-0.4, -0.2) is 29.0 Å². The molecule has 0 radical (unpaired) electrons. The van der Waals surface area contributed by atoms with Crippen LogP contribution in [0.3, 0.4) is 0 Å². The number of benzene rings is 1. The van der Waals surface area contributed by atoms with Crippen molar-refractivity contribution in [1.82, 2.24) is 9.97 Å². The van der Waals surface area contributed by atoms with E-state index in [2.05, 4.69) is 14.9 Å². The lowest BCUT2D eigenvalue weighted by molar-refractivity contribution is 0.100. The van der Waals surface area contributed by atoms with E-state index in [0.717, 1.165) is 42.5 Å². The molecule has 1 aliphatic rings. The van der Waals surface area contributed by atoms with Crippen molar-refractivity contribution in [3.63, 3.8) is 0 Å². The van der Waals surface area contributed by atoms with Crippen molar-refractivity contribution in [3.8, 4) is 0 Å². The second-order valence-electron chi connectivity index (χ2n) is 6.45. The number of carbonyl (C=O) groups excluding carboxylic acids is 1. The summed E-state index contributed by atoms with van der Waals surface area (Å²) in [7, 11) is 0. The first kappa shape index (κ1) is 15.6. The Balaban J connectivity index is 1.54. The summed E-state index contributed by atoms with van der Waals surface area (Å²) in [5, 5.41) is 1.08. The largest absolute Gasteiger partial charge is 0.371 e. The molecular formula is C19H19FN4O. The van der Waals surface area contributed by atoms with Crippen molar-refractivity contribution in [3.05, 3.63) is 59.8 Å². The van der Waals surface area contributed by atoms with E-state index in [1.165, 1.54) is 23.9 Å². The van der Waals surface area contributed by atoms with Crippen molar-refractivity contribution in [2.75, 3.05) is 18.0 Å². The number of piperidine rings is 1. The van der Waals surface area contributed by atoms with Gasteiger partial charge in [0, 0.05) is 42.6 Å². The zero-order valence-electron chi connectivity index (χ0n) is 13.7. The van der Waals surface area contributed by atoms with Gasteiger partial charge in [-0.05, 0) is 48.6 Å². The van der Waals surface area contributed by atoms with E-state index in [4.69, 9.17) is 5.73 Å². The van der Waals surface area contributed by atoms with Crippen LogP contribution in [0.2, 0.25) is 0 Å². The number of hydrogen-bond acceptors (Lipinski definition) is 3. The first-order valence-corrected chi connectivity index (χ1v) is 8.39. The molecule has 1 amide bonds. The minimum absolute atomic E-state index is 0.229. The van der Waals surface area contributed by atoms with Crippen molar-refractivity contribution in [1.29, 1.82) is 0 Å². The van der Waals surface area contributed by atoms with Crippen LogP contribution < -0.4 is 10.6 Å². The highest BCUT2D eigenvalue weighted by Crippen LogP contribution is 2.35. The third-order valence-electron chi connectivity index (χ3n) is 5.01. The summed E-state index contributed by atoms with van der Waals surface area (Å²) in [5.41, 5.74) is 8.84. The van der Waals surface area contributed by atoms with Crippen LogP contribution in [0.5, 0.6) is 0 Å². The fraction of sp³-hybridized carbons (Fsp3) is 0.263. The molecule has 128 valence electrons. The maximum Gasteiger partial charge on any atom is 0.252 e. The molecule has 0 aliphatic carbocycles. The third kappa shape index (κ3) is 2.84. The van der Waals surface area contributed by atoms with Gasteiger partial charge in [-0.25, -0.2) is 4.39 Å². The van der Waals surface area contributed by atoms with Gasteiger partial charge in [0.15, 0.2) is 0 Å². The molecule has 1 saturated heterocycles. The Bertz CT molecular complexity index is 928. The molecule has 0 saturated carbocycles. The van der Waals surface area contributed by atoms with Gasteiger partial charge in [0.1, 0.15) is 5.82 Å². The predicted octanol–water partition coefficient (Wildman–Crippen LogP) is 3.18. The van der Waals surface area contributed by atoms with Crippen LogP contribution in [-0.2, 0) is 0 Å². The Morgan fingerprint density at radius 3 is 2.84 bits per heavy atom. The molecule has 0 atom stereocenters. The van der Waals surface area contributed by atoms with Gasteiger partial charge >= 0.3 is 0 Å². The van der Waals surface area contributed by atoms with Crippen LogP contribution in [0.25, 0.3) is 10.9 Å². The Labute approximate surface area is 144 Å². The minimum Gasteiger partial charge on any atom is -0.371 e. The van der Waals surface area contributed by atoms with Gasteiger partial charge in [-0.3, -0.25) is 9.78 Å². The number of anilines is 1. The molecule has 2 aromatic heterocycles. The topological polar surface area (TPSA) is 75.0 Å². The van der Waals surface area contributed by atoms with Crippen LogP contribution in [0, 0.1) is 5.82 Å². The van der Waals surface area contributed by atoms with E-state index >= 15 is 0 Å². The number of H-pyrrole nitrogens is 1. The number of amides is 1. The van der Waals surface area contributed by atoms with Gasteiger partial charge in [0.25, 0.3) is 5.91 Å². The van der Waals surface area contributed by atoms with E-state index in [1.54, 1.807) is 6.20 Å². The lowest BCUT2D eigenvalue weighted by Gasteiger charge is -2.34. The molecule has 25 heavy (non-hydrogen) atoms. The predicted molar refractivity (Wildman–Crippen MR) is 95.2 cm³/mol. The number of aromatic amines is 1. The minimum atomic E-state index is -0.455. The molecule has 5 nitrogen and oxygen atoms in total. The van der Waals surface area contributed by atoms with Gasteiger partial charge in [0.05, 0.1) is 11.3 Å². The van der Waals surface area contributed by atoms with Gasteiger partial charge < -0.3 is 15.6 Å². The maximum atomic E-state index is 13.4. The molecule has 3 aromatic rings. The zero-order valence-corrected chi connectivity index (χ0v) is 13.7. The van der Waals surface area contributed by atoms with E-state index in [-0.39, 0.29) is 5.82 Å². The number of nitrogens with zero attached hydrogens (tertiary/aromatic N) is 2. The van der Waals surface area contributed by atoms with Gasteiger partial charge in [-0.1, -0.05) is 0 Å². The summed E-state index contributed by atoms with van der Waals surface area (Å²) in [6.45, 7) is 1.67. The summed E-state index contributed by atoms with van der Waals surface area (Å²) in [6, 6.07) is 6.72. The molecular weight excluding hydrogens is 319 g/mol. The van der Waals surface area contributed by atoms with Crippen molar-refractivity contribution >= 4 is 22.5 Å². The average Bonchev–Trinajstić information content (AvgIpc) is 3.04. The number of hydrogen-bond donors (Lipinski definition) is 2. The van der Waals surface area contributed by atoms with E-state index < -0.39 is 5.91 Å². The highest BCUT2D eigenvalue weighted by Gasteiger charge is 2.25. The molecule has 1 aliphatic heterocycles. The fourth-order valence-corrected chi connectivity index (χ4v) is 3.74. The summed E-state index contributed by atoms with van der Waals surface area (Å²) >= 11 is 0. The highest BCUT2D eigenvalue weighted by atomic mass is 19.1. The summed E-state index contributed by atoms with van der Waals surface area (Å²) < 4.78 is 13.4. The van der Waals surface area contributed by atoms with Crippen molar-refractivity contribution in [2.24, 2.45) is 5.73 Å². The number of aromatic nitrogens is 2. The van der Waals surface area contributed by atoms with Crippen LogP contribution in [0.4, 0.5) is 10.1 Å². The maximum absolute atomic E-state index is 13.4. The lowest BCUT2D eigenvalue weighted by atomic mass is 9.89. The SMILES string of the molecule is NC(=O)c1cnccc1N1CCC(c2c[nH]c3cc(F)ccc23)CC1. The molecule has 0 unspecified atom stereocenters. The molecule has 1 aromatic carbocycles. The van der Waals surface area contributed by atoms with E-state index in [0.29, 0.717) is 11.5 Å². The lowest BCUT2D eigenvalue weighted by Crippen LogP contribution is -2.34. The Kier molecular flexibility index (Phi) is 3.87. The van der Waals surface area contributed by atoms with E-state index in [9.17, 15) is 9.18 Å². The molecule has 3 N–H and O–H groups in total. The fourth-order valence-electron chi connectivity index (χ4n) is 3.74. The van der Waals surface area contributed by atoms with Crippen molar-refractivity contribution < 1.29 is 9.18 Å². The quantitative estimate of drug-likeness (QED) is 0.770. The number of halogens is 1. The Morgan fingerprint density at radius 1 is 1.28 bits per heavy atom. The van der Waals surface area contributed by atoms with Gasteiger partial charge in [-0.15, -0.1) is 0 Å². The summed E-state index contributed by atoms with van der Waals surface area (Å²) in [6.07, 6.45) is 7.13. The average molecular weight is 338 g/mol. The number of carbonyl (C=O) groups is 1. The zero-order chi connectivity index (χ0) is 17.4.